The summed E-state index contributed by atoms with van der Waals surface area (Å²) in [7, 11) is 0. The minimum absolute atomic E-state index is 0.0239. The maximum absolute atomic E-state index is 14.0. The van der Waals surface area contributed by atoms with Crippen molar-refractivity contribution in [3.05, 3.63) is 44.9 Å². The number of anilines is 1. The number of carboxylic acid groups (broad SMARTS) is 1. The highest BCUT2D eigenvalue weighted by Gasteiger charge is 2.54. The first-order chi connectivity index (χ1) is 15.7. The van der Waals surface area contributed by atoms with Gasteiger partial charge in [-0.1, -0.05) is 39.9 Å². The van der Waals surface area contributed by atoms with Gasteiger partial charge in [0, 0.05) is 11.1 Å². The highest BCUT2D eigenvalue weighted by Crippen LogP contribution is 2.43. The van der Waals surface area contributed by atoms with Crippen LogP contribution in [-0.2, 0) is 14.4 Å². The van der Waals surface area contributed by atoms with Crippen LogP contribution in [0.5, 0.6) is 0 Å². The molecule has 1 saturated heterocycles. The van der Waals surface area contributed by atoms with Gasteiger partial charge in [-0.3, -0.25) is 19.5 Å². The molecule has 0 aromatic carbocycles. The Bertz CT molecular complexity index is 1230. The first kappa shape index (κ1) is 22.9. The number of aromatic nitrogens is 2. The number of pyridine rings is 1. The van der Waals surface area contributed by atoms with Gasteiger partial charge >= 0.3 is 5.97 Å². The summed E-state index contributed by atoms with van der Waals surface area (Å²) in [5, 5.41) is 24.4. The minimum Gasteiger partial charge on any atom is -0.477 e. The molecule has 0 aliphatic carbocycles. The van der Waals surface area contributed by atoms with E-state index in [1.165, 1.54) is 12.3 Å². The van der Waals surface area contributed by atoms with Crippen LogP contribution in [0.25, 0.3) is 0 Å². The highest BCUT2D eigenvalue weighted by atomic mass is 35.5. The molecule has 2 aliphatic heterocycles. The van der Waals surface area contributed by atoms with Crippen LogP contribution in [0.1, 0.15) is 18.5 Å². The van der Waals surface area contributed by atoms with Gasteiger partial charge in [-0.05, 0) is 18.9 Å². The molecule has 0 bridgehead atoms. The van der Waals surface area contributed by atoms with E-state index in [0.29, 0.717) is 11.3 Å². The summed E-state index contributed by atoms with van der Waals surface area (Å²) in [5.41, 5.74) is 4.60. The fraction of sp³-hybridized carbons (Fsp3) is 0.222. The molecular weight excluding hydrogens is 499 g/mol. The zero-order valence-electron chi connectivity index (χ0n) is 16.4. The highest BCUT2D eigenvalue weighted by molar-refractivity contribution is 8.03. The lowest BCUT2D eigenvalue weighted by molar-refractivity contribution is -0.155. The predicted molar refractivity (Wildman–Crippen MR) is 116 cm³/mol. The number of amides is 2. The number of β-lactam (4-membered cyclic amide) rings is 1. The molecule has 0 radical (unpaired) electrons. The van der Waals surface area contributed by atoms with Gasteiger partial charge in [0.2, 0.25) is 0 Å². The van der Waals surface area contributed by atoms with Crippen molar-refractivity contribution >= 4 is 63.3 Å². The number of thiazole rings is 1. The van der Waals surface area contributed by atoms with Crippen LogP contribution in [-0.4, -0.2) is 60.8 Å². The Hall–Kier alpha value is -3.23. The molecule has 2 atom stereocenters. The van der Waals surface area contributed by atoms with Crippen LogP contribution >= 0.6 is 34.7 Å². The van der Waals surface area contributed by atoms with Crippen molar-refractivity contribution < 1.29 is 29.1 Å². The number of nitrogens with two attached hydrogens (primary N) is 1. The quantitative estimate of drug-likeness (QED) is 0.194. The standard InChI is InChI=1S/C18H14ClFN6O5S2/c19-14-11(24-18(21)33-14)12(25-31)15(27)23-10-7-1-2-9(13(17(29)30)26(7)16(10)28)32-8-3-4-22-5-6(8)20/h3-5,7,10,31H,1-2H2,(H2,21,24)(H,23,27)(H,29,30)/b25-12-/t7?,10-/m0/s1. The van der Waals surface area contributed by atoms with Crippen LogP contribution in [0.15, 0.2) is 39.1 Å². The smallest absolute Gasteiger partial charge is 0.353 e. The second-order valence-electron chi connectivity index (χ2n) is 6.87. The van der Waals surface area contributed by atoms with Crippen molar-refractivity contribution in [2.24, 2.45) is 5.16 Å². The van der Waals surface area contributed by atoms with Gasteiger partial charge in [0.05, 0.1) is 17.1 Å². The predicted octanol–water partition coefficient (Wildman–Crippen LogP) is 1.67. The van der Waals surface area contributed by atoms with Crippen molar-refractivity contribution in [3.63, 3.8) is 0 Å². The number of nitrogens with zero attached hydrogens (tertiary/aromatic N) is 4. The van der Waals surface area contributed by atoms with Crippen LogP contribution < -0.4 is 11.1 Å². The zero-order valence-corrected chi connectivity index (χ0v) is 18.7. The number of carbonyl (C=O) groups is 3. The molecule has 0 spiro atoms. The normalized spacial score (nSPS) is 20.4. The number of nitrogen functional groups attached to an aromatic ring is 1. The second-order valence-corrected chi connectivity index (χ2v) is 9.64. The number of carboxylic acids is 1. The van der Waals surface area contributed by atoms with Crippen molar-refractivity contribution in [2.75, 3.05) is 5.73 Å². The van der Waals surface area contributed by atoms with E-state index >= 15 is 0 Å². The zero-order chi connectivity index (χ0) is 23.9. The number of oxime groups is 1. The van der Waals surface area contributed by atoms with E-state index in [0.717, 1.165) is 34.2 Å². The van der Waals surface area contributed by atoms with E-state index in [1.54, 1.807) is 0 Å². The van der Waals surface area contributed by atoms with Gasteiger partial charge in [-0.15, -0.1) is 0 Å². The number of nitrogens with one attached hydrogen (secondary N) is 1. The number of fused-ring (bicyclic) bond motifs is 1. The van der Waals surface area contributed by atoms with Gasteiger partial charge < -0.3 is 21.4 Å². The summed E-state index contributed by atoms with van der Waals surface area (Å²) < 4.78 is 14.0. The van der Waals surface area contributed by atoms with Gasteiger partial charge in [-0.2, -0.15) is 0 Å². The van der Waals surface area contributed by atoms with Crippen molar-refractivity contribution in [2.45, 2.75) is 29.8 Å². The molecule has 2 aliphatic rings. The number of allylic oxidation sites excluding steroid dienone is 1. The third kappa shape index (κ3) is 4.12. The fourth-order valence-electron chi connectivity index (χ4n) is 3.58. The molecule has 2 amide bonds. The number of hydrogen-bond donors (Lipinski definition) is 4. The minimum atomic E-state index is -1.35. The Morgan fingerprint density at radius 3 is 2.82 bits per heavy atom. The number of carbonyl (C=O) groups excluding carboxylic acids is 2. The van der Waals surface area contributed by atoms with Crippen molar-refractivity contribution in [3.8, 4) is 0 Å². The molecule has 172 valence electrons. The molecule has 15 heteroatoms. The van der Waals surface area contributed by atoms with E-state index in [4.69, 9.17) is 17.3 Å². The van der Waals surface area contributed by atoms with Gasteiger partial charge in [0.1, 0.15) is 21.8 Å². The SMILES string of the molecule is Nc1nc(/C(=N/O)C(=O)N[C@@H]2C(=O)N3C(C(=O)O)=C(Sc4ccncc4F)CCC23)c(Cl)s1. The number of hydrogen-bond acceptors (Lipinski definition) is 10. The average molecular weight is 513 g/mol. The molecular formula is C18H14ClFN6O5S2. The lowest BCUT2D eigenvalue weighted by atomic mass is 9.86. The van der Waals surface area contributed by atoms with Crippen LogP contribution in [0.3, 0.4) is 0 Å². The molecule has 1 unspecified atom stereocenters. The number of thioether (sulfide) groups is 1. The summed E-state index contributed by atoms with van der Waals surface area (Å²) in [6.07, 6.45) is 2.95. The molecule has 0 saturated carbocycles. The molecule has 4 heterocycles. The summed E-state index contributed by atoms with van der Waals surface area (Å²) >= 11 is 7.74. The monoisotopic (exact) mass is 512 g/mol. The lowest BCUT2D eigenvalue weighted by Gasteiger charge is -2.50. The van der Waals surface area contributed by atoms with Crippen molar-refractivity contribution in [1.82, 2.24) is 20.2 Å². The number of aliphatic carboxylic acids is 1. The van der Waals surface area contributed by atoms with Gasteiger partial charge in [-0.25, -0.2) is 14.2 Å². The van der Waals surface area contributed by atoms with E-state index in [2.05, 4.69) is 20.4 Å². The Labute approximate surface area is 198 Å². The van der Waals surface area contributed by atoms with E-state index in [-0.39, 0.29) is 32.2 Å². The summed E-state index contributed by atoms with van der Waals surface area (Å²) in [6, 6.07) is -0.288. The maximum Gasteiger partial charge on any atom is 0.353 e. The Morgan fingerprint density at radius 1 is 1.45 bits per heavy atom. The molecule has 33 heavy (non-hydrogen) atoms. The van der Waals surface area contributed by atoms with Crippen molar-refractivity contribution in [1.29, 1.82) is 0 Å². The Kier molecular flexibility index (Phi) is 6.23. The van der Waals surface area contributed by atoms with Crippen LogP contribution in [0.4, 0.5) is 9.52 Å². The van der Waals surface area contributed by atoms with Gasteiger partial charge in [0.25, 0.3) is 11.8 Å². The molecule has 5 N–H and O–H groups in total. The van der Waals surface area contributed by atoms with E-state index in [9.17, 15) is 29.1 Å². The van der Waals surface area contributed by atoms with Crippen LogP contribution in [0, 0.1) is 5.82 Å². The van der Waals surface area contributed by atoms with E-state index in [1.807, 2.05) is 0 Å². The first-order valence-electron chi connectivity index (χ1n) is 9.24. The summed E-state index contributed by atoms with van der Waals surface area (Å²) in [4.78, 5) is 46.4. The van der Waals surface area contributed by atoms with Crippen LogP contribution in [0.2, 0.25) is 4.34 Å². The largest absolute Gasteiger partial charge is 0.477 e. The molecule has 11 nitrogen and oxygen atoms in total. The first-order valence-corrected chi connectivity index (χ1v) is 11.3. The van der Waals surface area contributed by atoms with E-state index < -0.39 is 41.4 Å². The molecule has 4 rings (SSSR count). The third-order valence-corrected chi connectivity index (χ3v) is 7.27. The molecule has 2 aromatic rings. The topological polar surface area (TPSA) is 171 Å². The summed E-state index contributed by atoms with van der Waals surface area (Å²) in [5.74, 6) is -3.56. The maximum atomic E-state index is 14.0. The van der Waals surface area contributed by atoms with Gasteiger partial charge in [0.15, 0.2) is 16.7 Å². The third-order valence-electron chi connectivity index (χ3n) is 4.99. The summed E-state index contributed by atoms with van der Waals surface area (Å²) in [6.45, 7) is 0. The number of halogens is 2. The Morgan fingerprint density at radius 2 is 2.21 bits per heavy atom. The second kappa shape index (κ2) is 8.96. The number of rotatable bonds is 6. The lowest BCUT2D eigenvalue weighted by Crippen LogP contribution is -2.72. The molecule has 1 fully saturated rings. The Balaban J connectivity index is 1.55. The fourth-order valence-corrected chi connectivity index (χ4v) is 5.55. The average Bonchev–Trinajstić information content (AvgIpc) is 3.11. The molecule has 2 aromatic heterocycles.